The van der Waals surface area contributed by atoms with E-state index in [1.165, 1.54) is 18.2 Å². The molecule has 0 bridgehead atoms. The van der Waals surface area contributed by atoms with Crippen LogP contribution in [0.2, 0.25) is 0 Å². The molecule has 0 fully saturated rings. The smallest absolute Gasteiger partial charge is 0.405 e. The van der Waals surface area contributed by atoms with Gasteiger partial charge < -0.3 is 14.8 Å². The van der Waals surface area contributed by atoms with Crippen LogP contribution in [0.1, 0.15) is 23.7 Å². The minimum absolute atomic E-state index is 0.166. The molecule has 0 aromatic heterocycles. The fourth-order valence-electron chi connectivity index (χ4n) is 1.45. The van der Waals surface area contributed by atoms with Crippen LogP contribution in [-0.4, -0.2) is 32.0 Å². The second kappa shape index (κ2) is 7.74. The molecule has 0 aliphatic carbocycles. The van der Waals surface area contributed by atoms with E-state index in [0.29, 0.717) is 13.2 Å². The number of ether oxygens (including phenoxy) is 2. The van der Waals surface area contributed by atoms with E-state index in [-0.39, 0.29) is 12.1 Å². The van der Waals surface area contributed by atoms with Crippen LogP contribution in [0.3, 0.4) is 0 Å². The summed E-state index contributed by atoms with van der Waals surface area (Å²) in [5, 5.41) is 2.47. The molecule has 0 radical (unpaired) electrons. The lowest BCUT2D eigenvalue weighted by atomic mass is 10.2. The molecule has 7 heteroatoms. The van der Waals surface area contributed by atoms with Crippen LogP contribution < -0.4 is 10.1 Å². The third-order valence-corrected chi connectivity index (χ3v) is 2.24. The highest BCUT2D eigenvalue weighted by molar-refractivity contribution is 5.96. The summed E-state index contributed by atoms with van der Waals surface area (Å²) in [4.78, 5) is 11.8. The van der Waals surface area contributed by atoms with Crippen LogP contribution in [-0.2, 0) is 4.74 Å². The minimum atomic E-state index is -4.83. The highest BCUT2D eigenvalue weighted by Gasteiger charge is 2.32. The zero-order chi connectivity index (χ0) is 15.0. The van der Waals surface area contributed by atoms with Crippen LogP contribution in [0.4, 0.5) is 13.2 Å². The molecule has 0 saturated carbocycles. The fourth-order valence-corrected chi connectivity index (χ4v) is 1.45. The van der Waals surface area contributed by atoms with Gasteiger partial charge in [0, 0.05) is 13.2 Å². The third-order valence-electron chi connectivity index (χ3n) is 2.24. The summed E-state index contributed by atoms with van der Waals surface area (Å²) in [5.74, 6) is -1.16. The summed E-state index contributed by atoms with van der Waals surface area (Å²) in [5.41, 5.74) is -0.166. The van der Waals surface area contributed by atoms with E-state index in [2.05, 4.69) is 10.1 Å². The van der Waals surface area contributed by atoms with Gasteiger partial charge in [0.15, 0.2) is 0 Å². The number of alkyl halides is 3. The van der Waals surface area contributed by atoms with Gasteiger partial charge in [0.1, 0.15) is 5.75 Å². The van der Waals surface area contributed by atoms with Gasteiger partial charge in [-0.25, -0.2) is 0 Å². The van der Waals surface area contributed by atoms with Gasteiger partial charge in [-0.1, -0.05) is 19.1 Å². The number of hydrogen-bond donors (Lipinski definition) is 1. The average Bonchev–Trinajstić information content (AvgIpc) is 2.37. The van der Waals surface area contributed by atoms with Gasteiger partial charge >= 0.3 is 6.36 Å². The Bertz CT molecular complexity index is 435. The summed E-state index contributed by atoms with van der Waals surface area (Å²) in [6, 6.07) is 5.19. The van der Waals surface area contributed by atoms with E-state index in [1.54, 1.807) is 0 Å². The average molecular weight is 291 g/mol. The van der Waals surface area contributed by atoms with Crippen molar-refractivity contribution in [2.24, 2.45) is 0 Å². The van der Waals surface area contributed by atoms with Crippen molar-refractivity contribution in [3.05, 3.63) is 29.8 Å². The summed E-state index contributed by atoms with van der Waals surface area (Å²) in [6.07, 6.45) is -3.98. The first-order valence-corrected chi connectivity index (χ1v) is 6.14. The third kappa shape index (κ3) is 5.92. The second-order valence-electron chi connectivity index (χ2n) is 3.91. The number of rotatable bonds is 7. The molecule has 1 aromatic rings. The largest absolute Gasteiger partial charge is 0.573 e. The van der Waals surface area contributed by atoms with Gasteiger partial charge in [0.2, 0.25) is 0 Å². The molecular formula is C13H16F3NO3. The van der Waals surface area contributed by atoms with Crippen molar-refractivity contribution in [3.8, 4) is 5.75 Å². The SMILES string of the molecule is CCCOCCNC(=O)c1ccccc1OC(F)(F)F. The molecule has 0 aliphatic heterocycles. The first-order chi connectivity index (χ1) is 9.44. The molecule has 0 unspecified atom stereocenters. The fraction of sp³-hybridized carbons (Fsp3) is 0.462. The van der Waals surface area contributed by atoms with Crippen LogP contribution in [0.25, 0.3) is 0 Å². The van der Waals surface area contributed by atoms with Crippen molar-refractivity contribution < 1.29 is 27.4 Å². The molecule has 4 nitrogen and oxygen atoms in total. The van der Waals surface area contributed by atoms with Crippen molar-refractivity contribution in [1.29, 1.82) is 0 Å². The lowest BCUT2D eigenvalue weighted by Gasteiger charge is -2.13. The van der Waals surface area contributed by atoms with Crippen LogP contribution in [0.5, 0.6) is 5.75 Å². The number of benzene rings is 1. The van der Waals surface area contributed by atoms with Crippen LogP contribution in [0, 0.1) is 0 Å². The number of carbonyl (C=O) groups is 1. The Balaban J connectivity index is 2.59. The Morgan fingerprint density at radius 2 is 1.95 bits per heavy atom. The maximum atomic E-state index is 12.2. The Kier molecular flexibility index (Phi) is 6.30. The maximum absolute atomic E-state index is 12.2. The Hall–Kier alpha value is -1.76. The lowest BCUT2D eigenvalue weighted by Crippen LogP contribution is -2.28. The molecule has 112 valence electrons. The minimum Gasteiger partial charge on any atom is -0.405 e. The van der Waals surface area contributed by atoms with Crippen LogP contribution >= 0.6 is 0 Å². The van der Waals surface area contributed by atoms with Crippen LogP contribution in [0.15, 0.2) is 24.3 Å². The number of para-hydroxylation sites is 1. The standard InChI is InChI=1S/C13H16F3NO3/c1-2-8-19-9-7-17-12(18)10-5-3-4-6-11(10)20-13(14,15)16/h3-6H,2,7-9H2,1H3,(H,17,18). The van der Waals surface area contributed by atoms with Gasteiger partial charge in [-0.15, -0.1) is 13.2 Å². The van der Waals surface area contributed by atoms with Gasteiger partial charge in [-0.3, -0.25) is 4.79 Å². The number of carbonyl (C=O) groups excluding carboxylic acids is 1. The lowest BCUT2D eigenvalue weighted by molar-refractivity contribution is -0.274. The van der Waals surface area contributed by atoms with E-state index in [1.807, 2.05) is 6.92 Å². The van der Waals surface area contributed by atoms with E-state index in [4.69, 9.17) is 4.74 Å². The molecular weight excluding hydrogens is 275 g/mol. The van der Waals surface area contributed by atoms with Crippen molar-refractivity contribution in [2.45, 2.75) is 19.7 Å². The van der Waals surface area contributed by atoms with Gasteiger partial charge in [0.25, 0.3) is 5.91 Å². The number of nitrogens with one attached hydrogen (secondary N) is 1. The van der Waals surface area contributed by atoms with Gasteiger partial charge in [0.05, 0.1) is 12.2 Å². The molecule has 0 spiro atoms. The predicted octanol–water partition coefficient (Wildman–Crippen LogP) is 2.74. The monoisotopic (exact) mass is 291 g/mol. The zero-order valence-corrected chi connectivity index (χ0v) is 11.0. The topological polar surface area (TPSA) is 47.6 Å². The Labute approximate surface area is 114 Å². The molecule has 0 saturated heterocycles. The quantitative estimate of drug-likeness (QED) is 0.786. The molecule has 0 heterocycles. The second-order valence-corrected chi connectivity index (χ2v) is 3.91. The van der Waals surface area contributed by atoms with E-state index >= 15 is 0 Å². The molecule has 1 N–H and O–H groups in total. The van der Waals surface area contributed by atoms with Crippen molar-refractivity contribution in [2.75, 3.05) is 19.8 Å². The summed E-state index contributed by atoms with van der Waals surface area (Å²) >= 11 is 0. The first kappa shape index (κ1) is 16.3. The highest BCUT2D eigenvalue weighted by atomic mass is 19.4. The summed E-state index contributed by atoms with van der Waals surface area (Å²) in [6.45, 7) is 3.05. The predicted molar refractivity (Wildman–Crippen MR) is 66.6 cm³/mol. The Morgan fingerprint density at radius 3 is 2.60 bits per heavy atom. The number of amides is 1. The van der Waals surface area contributed by atoms with E-state index < -0.39 is 18.0 Å². The van der Waals surface area contributed by atoms with Crippen molar-refractivity contribution >= 4 is 5.91 Å². The maximum Gasteiger partial charge on any atom is 0.573 e. The molecule has 20 heavy (non-hydrogen) atoms. The molecule has 0 aliphatic rings. The van der Waals surface area contributed by atoms with Gasteiger partial charge in [-0.05, 0) is 18.6 Å². The molecule has 1 rings (SSSR count). The highest BCUT2D eigenvalue weighted by Crippen LogP contribution is 2.25. The number of hydrogen-bond acceptors (Lipinski definition) is 3. The summed E-state index contributed by atoms with van der Waals surface area (Å²) in [7, 11) is 0. The van der Waals surface area contributed by atoms with E-state index in [0.717, 1.165) is 12.5 Å². The van der Waals surface area contributed by atoms with Crippen molar-refractivity contribution in [1.82, 2.24) is 5.32 Å². The first-order valence-electron chi connectivity index (χ1n) is 6.14. The molecule has 0 atom stereocenters. The molecule has 1 amide bonds. The zero-order valence-electron chi connectivity index (χ0n) is 11.0. The number of halogens is 3. The van der Waals surface area contributed by atoms with Crippen molar-refractivity contribution in [3.63, 3.8) is 0 Å². The Morgan fingerprint density at radius 1 is 1.25 bits per heavy atom. The normalized spacial score (nSPS) is 11.2. The van der Waals surface area contributed by atoms with E-state index in [9.17, 15) is 18.0 Å². The van der Waals surface area contributed by atoms with Gasteiger partial charge in [-0.2, -0.15) is 0 Å². The summed E-state index contributed by atoms with van der Waals surface area (Å²) < 4.78 is 45.6. The molecule has 1 aromatic carbocycles.